The van der Waals surface area contributed by atoms with E-state index in [4.69, 9.17) is 0 Å². The molecule has 2 amide bonds. The number of nitrogens with zero attached hydrogens (tertiary/aromatic N) is 2. The van der Waals surface area contributed by atoms with Crippen LogP contribution in [0.25, 0.3) is 0 Å². The molecule has 1 aromatic heterocycles. The molecule has 1 aromatic carbocycles. The van der Waals surface area contributed by atoms with Gasteiger partial charge in [0, 0.05) is 24.2 Å². The number of thiazole rings is 1. The molecule has 0 saturated carbocycles. The van der Waals surface area contributed by atoms with Crippen LogP contribution in [0.15, 0.2) is 29.6 Å². The number of hydrogen-bond donors (Lipinski definition) is 2. The molecule has 0 spiro atoms. The highest BCUT2D eigenvalue weighted by atomic mass is 32.1. The summed E-state index contributed by atoms with van der Waals surface area (Å²) in [6.45, 7) is 5.21. The lowest BCUT2D eigenvalue weighted by Gasteiger charge is -2.23. The second-order valence-electron chi connectivity index (χ2n) is 6.97. The van der Waals surface area contributed by atoms with Crippen molar-refractivity contribution in [2.45, 2.75) is 32.7 Å². The van der Waals surface area contributed by atoms with E-state index in [-0.39, 0.29) is 17.6 Å². The van der Waals surface area contributed by atoms with Crippen LogP contribution < -0.4 is 10.6 Å². The minimum atomic E-state index is -0.438. The van der Waals surface area contributed by atoms with E-state index in [2.05, 4.69) is 15.6 Å². The van der Waals surface area contributed by atoms with Gasteiger partial charge in [0.1, 0.15) is 17.6 Å². The Balaban J connectivity index is 1.65. The number of nitrogens with one attached hydrogen (secondary N) is 2. The van der Waals surface area contributed by atoms with Crippen LogP contribution in [0.4, 0.5) is 15.2 Å². The van der Waals surface area contributed by atoms with Crippen molar-refractivity contribution < 1.29 is 14.0 Å². The normalized spacial score (nSPS) is 16.6. The van der Waals surface area contributed by atoms with E-state index in [9.17, 15) is 14.0 Å². The quantitative estimate of drug-likeness (QED) is 0.793. The number of anilines is 2. The van der Waals surface area contributed by atoms with E-state index in [1.165, 1.54) is 23.5 Å². The topological polar surface area (TPSA) is 74.3 Å². The predicted octanol–water partition coefficient (Wildman–Crippen LogP) is 3.40. The van der Waals surface area contributed by atoms with Crippen molar-refractivity contribution >= 4 is 34.0 Å². The summed E-state index contributed by atoms with van der Waals surface area (Å²) in [6, 6.07) is 5.48. The lowest BCUT2D eigenvalue weighted by Crippen LogP contribution is -2.46. The first-order valence-corrected chi connectivity index (χ1v) is 9.89. The average Bonchev–Trinajstić information content (AvgIpc) is 3.30. The minimum Gasteiger partial charge on any atom is -0.354 e. The third-order valence-electron chi connectivity index (χ3n) is 4.32. The van der Waals surface area contributed by atoms with Gasteiger partial charge in [0.15, 0.2) is 5.13 Å². The van der Waals surface area contributed by atoms with Crippen molar-refractivity contribution in [1.82, 2.24) is 15.2 Å². The molecule has 0 radical (unpaired) electrons. The number of carbonyl (C=O) groups is 2. The fraction of sp³-hybridized carbons (Fsp3) is 0.421. The standard InChI is InChI=1S/C19H23FN4O2S/c1-12(2)10-21-17(25)16-4-3-9-24(16)18(26)15-11-27-19(23-15)22-14-7-5-13(20)6-8-14/h5-8,11-12,16H,3-4,9-10H2,1-2H3,(H,21,25)(H,22,23)/t16-/m1/s1. The van der Waals surface area contributed by atoms with Crippen LogP contribution in [-0.2, 0) is 4.79 Å². The van der Waals surface area contributed by atoms with Crippen molar-refractivity contribution in [3.63, 3.8) is 0 Å². The Bertz CT molecular complexity index is 806. The Morgan fingerprint density at radius 1 is 1.33 bits per heavy atom. The van der Waals surface area contributed by atoms with Crippen molar-refractivity contribution in [2.24, 2.45) is 5.92 Å². The van der Waals surface area contributed by atoms with Crippen molar-refractivity contribution in [2.75, 3.05) is 18.4 Å². The van der Waals surface area contributed by atoms with Crippen molar-refractivity contribution in [3.8, 4) is 0 Å². The first-order chi connectivity index (χ1) is 12.9. The Morgan fingerprint density at radius 3 is 2.78 bits per heavy atom. The Morgan fingerprint density at radius 2 is 2.07 bits per heavy atom. The number of amides is 2. The van der Waals surface area contributed by atoms with Crippen LogP contribution in [-0.4, -0.2) is 40.8 Å². The van der Waals surface area contributed by atoms with E-state index in [1.807, 2.05) is 13.8 Å². The summed E-state index contributed by atoms with van der Waals surface area (Å²) in [7, 11) is 0. The summed E-state index contributed by atoms with van der Waals surface area (Å²) in [5.41, 5.74) is 1.00. The maximum absolute atomic E-state index is 13.0. The van der Waals surface area contributed by atoms with E-state index < -0.39 is 6.04 Å². The van der Waals surface area contributed by atoms with Crippen LogP contribution in [0.3, 0.4) is 0 Å². The fourth-order valence-electron chi connectivity index (χ4n) is 2.94. The van der Waals surface area contributed by atoms with Gasteiger partial charge in [0.25, 0.3) is 5.91 Å². The molecule has 0 aliphatic carbocycles. The summed E-state index contributed by atoms with van der Waals surface area (Å²) in [4.78, 5) is 31.2. The first kappa shape index (κ1) is 19.3. The number of likely N-dealkylation sites (tertiary alicyclic amines) is 1. The first-order valence-electron chi connectivity index (χ1n) is 9.01. The summed E-state index contributed by atoms with van der Waals surface area (Å²) < 4.78 is 13.0. The smallest absolute Gasteiger partial charge is 0.274 e. The third-order valence-corrected chi connectivity index (χ3v) is 5.08. The highest BCUT2D eigenvalue weighted by Crippen LogP contribution is 2.25. The lowest BCUT2D eigenvalue weighted by molar-refractivity contribution is -0.125. The van der Waals surface area contributed by atoms with Gasteiger partial charge in [0.2, 0.25) is 5.91 Å². The lowest BCUT2D eigenvalue weighted by atomic mass is 10.1. The Kier molecular flexibility index (Phi) is 6.05. The molecule has 1 aliphatic rings. The van der Waals surface area contributed by atoms with Crippen molar-refractivity contribution in [3.05, 3.63) is 41.2 Å². The van der Waals surface area contributed by atoms with Crippen LogP contribution in [0.1, 0.15) is 37.2 Å². The number of hydrogen-bond acceptors (Lipinski definition) is 5. The van der Waals surface area contributed by atoms with E-state index >= 15 is 0 Å². The third kappa shape index (κ3) is 4.82. The molecule has 1 fully saturated rings. The van der Waals surface area contributed by atoms with Gasteiger partial charge in [-0.3, -0.25) is 9.59 Å². The fourth-order valence-corrected chi connectivity index (χ4v) is 3.64. The van der Waals surface area contributed by atoms with Gasteiger partial charge in [0.05, 0.1) is 0 Å². The molecule has 1 atom stereocenters. The molecular weight excluding hydrogens is 367 g/mol. The van der Waals surface area contributed by atoms with E-state index in [1.54, 1.807) is 22.4 Å². The number of aromatic nitrogens is 1. The molecule has 3 rings (SSSR count). The van der Waals surface area contributed by atoms with Gasteiger partial charge in [-0.25, -0.2) is 9.37 Å². The molecule has 27 heavy (non-hydrogen) atoms. The number of carbonyl (C=O) groups excluding carboxylic acids is 2. The van der Waals surface area contributed by atoms with Crippen LogP contribution in [0, 0.1) is 11.7 Å². The molecule has 6 nitrogen and oxygen atoms in total. The van der Waals surface area contributed by atoms with E-state index in [0.717, 1.165) is 6.42 Å². The Labute approximate surface area is 161 Å². The summed E-state index contributed by atoms with van der Waals surface area (Å²) in [6.07, 6.45) is 1.47. The van der Waals surface area contributed by atoms with Crippen LogP contribution >= 0.6 is 11.3 Å². The highest BCUT2D eigenvalue weighted by molar-refractivity contribution is 7.14. The summed E-state index contributed by atoms with van der Waals surface area (Å²) >= 11 is 1.30. The molecule has 2 aromatic rings. The predicted molar refractivity (Wildman–Crippen MR) is 104 cm³/mol. The average molecular weight is 390 g/mol. The van der Waals surface area contributed by atoms with Gasteiger partial charge in [-0.05, 0) is 43.0 Å². The molecule has 2 heterocycles. The highest BCUT2D eigenvalue weighted by Gasteiger charge is 2.35. The molecule has 8 heteroatoms. The molecule has 0 unspecified atom stereocenters. The van der Waals surface area contributed by atoms with Crippen LogP contribution in [0.2, 0.25) is 0 Å². The SMILES string of the molecule is CC(C)CNC(=O)[C@H]1CCCN1C(=O)c1csc(Nc2ccc(F)cc2)n1. The molecule has 1 saturated heterocycles. The van der Waals surface area contributed by atoms with Crippen LogP contribution in [0.5, 0.6) is 0 Å². The molecule has 1 aliphatic heterocycles. The second kappa shape index (κ2) is 8.47. The molecule has 0 bridgehead atoms. The number of halogens is 1. The van der Waals surface area contributed by atoms with Gasteiger partial charge >= 0.3 is 0 Å². The zero-order valence-electron chi connectivity index (χ0n) is 15.4. The molecule has 2 N–H and O–H groups in total. The van der Waals surface area contributed by atoms with Gasteiger partial charge in [-0.1, -0.05) is 13.8 Å². The van der Waals surface area contributed by atoms with Crippen molar-refractivity contribution in [1.29, 1.82) is 0 Å². The number of benzene rings is 1. The monoisotopic (exact) mass is 390 g/mol. The minimum absolute atomic E-state index is 0.102. The van der Waals surface area contributed by atoms with Gasteiger partial charge < -0.3 is 15.5 Å². The molecule has 144 valence electrons. The zero-order valence-corrected chi connectivity index (χ0v) is 16.2. The second-order valence-corrected chi connectivity index (χ2v) is 7.82. The van der Waals surface area contributed by atoms with E-state index in [0.29, 0.717) is 41.9 Å². The Hall–Kier alpha value is -2.48. The number of rotatable bonds is 6. The van der Waals surface area contributed by atoms with Gasteiger partial charge in [-0.15, -0.1) is 11.3 Å². The maximum atomic E-state index is 13.0. The van der Waals surface area contributed by atoms with Gasteiger partial charge in [-0.2, -0.15) is 0 Å². The maximum Gasteiger partial charge on any atom is 0.274 e. The summed E-state index contributed by atoms with van der Waals surface area (Å²) in [5.74, 6) is -0.292. The summed E-state index contributed by atoms with van der Waals surface area (Å²) in [5, 5.41) is 8.19. The largest absolute Gasteiger partial charge is 0.354 e. The zero-order chi connectivity index (χ0) is 19.4. The molecular formula is C19H23FN4O2S.